The predicted molar refractivity (Wildman–Crippen MR) is 134 cm³/mol. The van der Waals surface area contributed by atoms with Crippen molar-refractivity contribution in [1.82, 2.24) is 0 Å². The zero-order valence-corrected chi connectivity index (χ0v) is 18.7. The summed E-state index contributed by atoms with van der Waals surface area (Å²) in [6.07, 6.45) is 19.2. The SMILES string of the molecule is C=C1C(/C=C\C2CCCCCCC2)=C(c2ccccc2)CC1C1=Cc2ccccc2C1. The molecule has 0 radical (unpaired) electrons. The zero-order chi connectivity index (χ0) is 21.0. The monoisotopic (exact) mass is 406 g/mol. The van der Waals surface area contributed by atoms with Crippen LogP contribution in [0.5, 0.6) is 0 Å². The summed E-state index contributed by atoms with van der Waals surface area (Å²) in [5.41, 5.74) is 9.95. The highest BCUT2D eigenvalue weighted by atomic mass is 14.4. The molecule has 0 heterocycles. The average molecular weight is 407 g/mol. The third kappa shape index (κ3) is 4.40. The van der Waals surface area contributed by atoms with Crippen LogP contribution in [0, 0.1) is 11.8 Å². The Morgan fingerprint density at radius 2 is 1.52 bits per heavy atom. The summed E-state index contributed by atoms with van der Waals surface area (Å²) in [4.78, 5) is 0. The van der Waals surface area contributed by atoms with Gasteiger partial charge in [0.1, 0.15) is 0 Å². The van der Waals surface area contributed by atoms with Crippen LogP contribution in [0.2, 0.25) is 0 Å². The molecule has 0 saturated heterocycles. The molecule has 3 aliphatic rings. The molecule has 3 aliphatic carbocycles. The predicted octanol–water partition coefficient (Wildman–Crippen LogP) is 8.57. The third-order valence-electron chi connectivity index (χ3n) is 7.55. The number of hydrogen-bond acceptors (Lipinski definition) is 0. The van der Waals surface area contributed by atoms with Gasteiger partial charge in [-0.15, -0.1) is 0 Å². The fourth-order valence-corrected chi connectivity index (χ4v) is 5.74. The molecular formula is C31H34. The Morgan fingerprint density at radius 1 is 0.806 bits per heavy atom. The van der Waals surface area contributed by atoms with Crippen LogP contribution in [0.4, 0.5) is 0 Å². The van der Waals surface area contributed by atoms with Crippen molar-refractivity contribution in [3.63, 3.8) is 0 Å². The molecule has 0 aromatic heterocycles. The lowest BCUT2D eigenvalue weighted by Gasteiger charge is -2.17. The van der Waals surface area contributed by atoms with Gasteiger partial charge in [-0.25, -0.2) is 0 Å². The minimum absolute atomic E-state index is 0.430. The molecule has 0 aliphatic heterocycles. The summed E-state index contributed by atoms with van der Waals surface area (Å²) >= 11 is 0. The van der Waals surface area contributed by atoms with Crippen molar-refractivity contribution >= 4 is 11.6 Å². The van der Waals surface area contributed by atoms with Crippen LogP contribution in [0.1, 0.15) is 68.1 Å². The van der Waals surface area contributed by atoms with E-state index < -0.39 is 0 Å². The Hall–Kier alpha value is -2.60. The maximum absolute atomic E-state index is 4.65. The van der Waals surface area contributed by atoms with Crippen molar-refractivity contribution < 1.29 is 0 Å². The van der Waals surface area contributed by atoms with E-state index in [0.717, 1.165) is 18.8 Å². The minimum Gasteiger partial charge on any atom is -0.0946 e. The normalized spacial score (nSPS) is 22.5. The average Bonchev–Trinajstić information content (AvgIpc) is 3.34. The maximum atomic E-state index is 4.65. The van der Waals surface area contributed by atoms with Gasteiger partial charge >= 0.3 is 0 Å². The number of rotatable bonds is 4. The summed E-state index contributed by atoms with van der Waals surface area (Å²) in [5, 5.41) is 0. The van der Waals surface area contributed by atoms with Crippen molar-refractivity contribution in [3.05, 3.63) is 107 Å². The molecule has 1 fully saturated rings. The number of hydrogen-bond donors (Lipinski definition) is 0. The largest absolute Gasteiger partial charge is 0.0946 e. The van der Waals surface area contributed by atoms with Gasteiger partial charge in [-0.2, -0.15) is 0 Å². The molecule has 0 nitrogen and oxygen atoms in total. The fourth-order valence-electron chi connectivity index (χ4n) is 5.74. The Morgan fingerprint density at radius 3 is 2.29 bits per heavy atom. The molecule has 31 heavy (non-hydrogen) atoms. The van der Waals surface area contributed by atoms with Crippen molar-refractivity contribution in [3.8, 4) is 0 Å². The zero-order valence-electron chi connectivity index (χ0n) is 18.7. The lowest BCUT2D eigenvalue weighted by atomic mass is 9.88. The lowest BCUT2D eigenvalue weighted by Crippen LogP contribution is -2.03. The summed E-state index contributed by atoms with van der Waals surface area (Å²) < 4.78 is 0. The van der Waals surface area contributed by atoms with E-state index in [2.05, 4.69) is 79.4 Å². The highest BCUT2D eigenvalue weighted by Crippen LogP contribution is 2.47. The lowest BCUT2D eigenvalue weighted by molar-refractivity contribution is 0.435. The first-order valence-electron chi connectivity index (χ1n) is 12.2. The Kier molecular flexibility index (Phi) is 6.07. The van der Waals surface area contributed by atoms with Gasteiger partial charge in [-0.3, -0.25) is 0 Å². The topological polar surface area (TPSA) is 0 Å². The minimum atomic E-state index is 0.430. The van der Waals surface area contributed by atoms with Crippen molar-refractivity contribution in [1.29, 1.82) is 0 Å². The van der Waals surface area contributed by atoms with Gasteiger partial charge < -0.3 is 0 Å². The van der Waals surface area contributed by atoms with Gasteiger partial charge in [0.2, 0.25) is 0 Å². The Bertz CT molecular complexity index is 1020. The molecule has 1 unspecified atom stereocenters. The van der Waals surface area contributed by atoms with Crippen LogP contribution in [0.15, 0.2) is 90.0 Å². The summed E-state index contributed by atoms with van der Waals surface area (Å²) in [5.74, 6) is 1.16. The first kappa shape index (κ1) is 20.3. The van der Waals surface area contributed by atoms with E-state index in [0.29, 0.717) is 5.92 Å². The smallest absolute Gasteiger partial charge is 0.00958 e. The van der Waals surface area contributed by atoms with Crippen LogP contribution < -0.4 is 0 Å². The standard InChI is InChI=1S/C31H34/c1-23-29(19-18-24-12-6-3-2-4-7-13-24)31(25-14-8-5-9-15-25)22-30(23)28-20-26-16-10-11-17-27(26)21-28/h5,8-11,14-20,24,30H,1-4,6-7,12-13,21-22H2/b19-18-. The van der Waals surface area contributed by atoms with Crippen LogP contribution in [0.3, 0.4) is 0 Å². The van der Waals surface area contributed by atoms with E-state index in [-0.39, 0.29) is 0 Å². The molecule has 0 N–H and O–H groups in total. The van der Waals surface area contributed by atoms with Crippen LogP contribution >= 0.6 is 0 Å². The van der Waals surface area contributed by atoms with E-state index >= 15 is 0 Å². The highest BCUT2D eigenvalue weighted by molar-refractivity contribution is 5.81. The number of fused-ring (bicyclic) bond motifs is 1. The Balaban J connectivity index is 1.43. The molecule has 1 saturated carbocycles. The molecule has 158 valence electrons. The quantitative estimate of drug-likeness (QED) is 0.477. The summed E-state index contributed by atoms with van der Waals surface area (Å²) in [6, 6.07) is 19.8. The Labute approximate surface area is 188 Å². The molecule has 1 atom stereocenters. The molecule has 0 bridgehead atoms. The van der Waals surface area contributed by atoms with Gasteiger partial charge in [0.25, 0.3) is 0 Å². The van der Waals surface area contributed by atoms with Crippen molar-refractivity contribution in [2.45, 2.75) is 57.8 Å². The fraction of sp³-hybridized carbons (Fsp3) is 0.355. The van der Waals surface area contributed by atoms with E-state index in [4.69, 9.17) is 0 Å². The highest BCUT2D eigenvalue weighted by Gasteiger charge is 2.32. The molecule has 2 aromatic carbocycles. The maximum Gasteiger partial charge on any atom is 0.00958 e. The van der Waals surface area contributed by atoms with Gasteiger partial charge in [0.15, 0.2) is 0 Å². The van der Waals surface area contributed by atoms with Crippen LogP contribution in [-0.2, 0) is 6.42 Å². The second kappa shape index (κ2) is 9.27. The summed E-state index contributed by atoms with van der Waals surface area (Å²) in [7, 11) is 0. The molecular weight excluding hydrogens is 372 g/mol. The van der Waals surface area contributed by atoms with Gasteiger partial charge in [0, 0.05) is 5.92 Å². The van der Waals surface area contributed by atoms with E-state index in [9.17, 15) is 0 Å². The second-order valence-electron chi connectivity index (χ2n) is 9.60. The number of benzene rings is 2. The first-order valence-corrected chi connectivity index (χ1v) is 12.2. The van der Waals surface area contributed by atoms with E-state index in [1.807, 2.05) is 0 Å². The first-order chi connectivity index (χ1) is 15.3. The van der Waals surface area contributed by atoms with Gasteiger partial charge in [-0.1, -0.05) is 117 Å². The van der Waals surface area contributed by atoms with Crippen LogP contribution in [0.25, 0.3) is 11.6 Å². The molecule has 5 rings (SSSR count). The summed E-state index contributed by atoms with van der Waals surface area (Å²) in [6.45, 7) is 4.65. The molecule has 0 spiro atoms. The van der Waals surface area contributed by atoms with Gasteiger partial charge in [-0.05, 0) is 65.0 Å². The second-order valence-corrected chi connectivity index (χ2v) is 9.60. The van der Waals surface area contributed by atoms with Crippen molar-refractivity contribution in [2.24, 2.45) is 11.8 Å². The number of allylic oxidation sites excluding steroid dienone is 6. The van der Waals surface area contributed by atoms with Crippen LogP contribution in [-0.4, -0.2) is 0 Å². The van der Waals surface area contributed by atoms with E-state index in [1.165, 1.54) is 83.9 Å². The van der Waals surface area contributed by atoms with Gasteiger partial charge in [0.05, 0.1) is 0 Å². The molecule has 0 amide bonds. The third-order valence-corrected chi connectivity index (χ3v) is 7.55. The van der Waals surface area contributed by atoms with E-state index in [1.54, 1.807) is 0 Å². The van der Waals surface area contributed by atoms with Crippen molar-refractivity contribution in [2.75, 3.05) is 0 Å². The molecule has 2 aromatic rings. The molecule has 0 heteroatoms.